The van der Waals surface area contributed by atoms with Crippen molar-refractivity contribution in [2.45, 2.75) is 97.1 Å². The highest BCUT2D eigenvalue weighted by Crippen LogP contribution is 2.43. The fourth-order valence-electron chi connectivity index (χ4n) is 6.78. The molecule has 7 rings (SSSR count). The summed E-state index contributed by atoms with van der Waals surface area (Å²) in [6, 6.07) is 12.4. The number of rotatable bonds is 3. The van der Waals surface area contributed by atoms with Gasteiger partial charge in [0.25, 0.3) is 0 Å². The summed E-state index contributed by atoms with van der Waals surface area (Å²) >= 11 is 7.06. The summed E-state index contributed by atoms with van der Waals surface area (Å²) in [5, 5.41) is 10.9. The lowest BCUT2D eigenvalue weighted by Gasteiger charge is -2.42. The molecule has 8 nitrogen and oxygen atoms in total. The number of halogens is 2. The molecule has 0 radical (unpaired) electrons. The molecule has 3 aliphatic heterocycles. The summed E-state index contributed by atoms with van der Waals surface area (Å²) in [6.07, 6.45) is 4.79. The smallest absolute Gasteiger partial charge is 0.337 e. The molecule has 10 heteroatoms. The normalized spacial score (nSPS) is 21.2. The van der Waals surface area contributed by atoms with Crippen LogP contribution in [0.25, 0.3) is 28.0 Å². The largest absolute Gasteiger partial charge is 0.490 e. The number of carboxylic acid groups (broad SMARTS) is 1. The van der Waals surface area contributed by atoms with E-state index in [0.29, 0.717) is 64.3 Å². The maximum Gasteiger partial charge on any atom is 0.337 e. The molecule has 3 aliphatic rings. The number of pyridine rings is 1. The van der Waals surface area contributed by atoms with Crippen molar-refractivity contribution < 1.29 is 28.5 Å². The summed E-state index contributed by atoms with van der Waals surface area (Å²) in [7, 11) is 0. The zero-order valence-electron chi connectivity index (χ0n) is 28.6. The molecule has 0 aliphatic carbocycles. The molecular weight excluding hydrogens is 633 g/mol. The van der Waals surface area contributed by atoms with E-state index in [1.807, 2.05) is 69.5 Å². The van der Waals surface area contributed by atoms with Crippen LogP contribution in [0.5, 0.6) is 5.75 Å². The van der Waals surface area contributed by atoms with E-state index in [4.69, 9.17) is 30.8 Å². The van der Waals surface area contributed by atoms with Gasteiger partial charge in [-0.3, -0.25) is 4.40 Å². The van der Waals surface area contributed by atoms with Crippen LogP contribution in [0.1, 0.15) is 84.0 Å². The number of hydrogen-bond donors (Lipinski definition) is 1. The van der Waals surface area contributed by atoms with Gasteiger partial charge in [0.05, 0.1) is 28.0 Å². The molecule has 0 saturated carbocycles. The molecule has 5 heterocycles. The number of imidazole rings is 1. The van der Waals surface area contributed by atoms with Gasteiger partial charge in [0.15, 0.2) is 11.8 Å². The molecular formula is C38H45ClFN3O5. The van der Waals surface area contributed by atoms with Gasteiger partial charge >= 0.3 is 5.97 Å². The van der Waals surface area contributed by atoms with Crippen LogP contribution in [0, 0.1) is 12.7 Å². The van der Waals surface area contributed by atoms with Gasteiger partial charge in [0, 0.05) is 42.6 Å². The first-order valence-corrected chi connectivity index (χ1v) is 17.2. The molecule has 1 fully saturated rings. The Bertz CT molecular complexity index is 1830. The van der Waals surface area contributed by atoms with E-state index in [1.165, 1.54) is 12.1 Å². The average molecular weight is 678 g/mol. The van der Waals surface area contributed by atoms with Crippen molar-refractivity contribution in [1.29, 1.82) is 0 Å². The van der Waals surface area contributed by atoms with Crippen molar-refractivity contribution in [3.05, 3.63) is 70.6 Å². The Morgan fingerprint density at radius 1 is 1.15 bits per heavy atom. The summed E-state index contributed by atoms with van der Waals surface area (Å²) in [5.41, 5.74) is 3.49. The third-order valence-corrected chi connectivity index (χ3v) is 9.83. The lowest BCUT2D eigenvalue weighted by atomic mass is 9.92. The molecule has 2 unspecified atom stereocenters. The molecule has 2 aromatic carbocycles. The Labute approximate surface area is 286 Å². The lowest BCUT2D eigenvalue weighted by Crippen LogP contribution is -2.45. The van der Waals surface area contributed by atoms with Gasteiger partial charge in [-0.15, -0.1) is 0 Å². The van der Waals surface area contributed by atoms with Crippen LogP contribution in [0.2, 0.25) is 5.02 Å². The van der Waals surface area contributed by atoms with Crippen molar-refractivity contribution in [2.75, 3.05) is 24.6 Å². The number of nitrogens with zero attached hydrogens (tertiary/aromatic N) is 3. The zero-order valence-corrected chi connectivity index (χ0v) is 29.4. The molecule has 1 saturated heterocycles. The van der Waals surface area contributed by atoms with Crippen LogP contribution in [0.15, 0.2) is 48.7 Å². The number of ether oxygens (including phenoxy) is 3. The second-order valence-electron chi connectivity index (χ2n) is 14.4. The molecule has 1 N–H and O–H groups in total. The Morgan fingerprint density at radius 2 is 1.88 bits per heavy atom. The number of carbonyl (C=O) groups is 1. The van der Waals surface area contributed by atoms with Gasteiger partial charge in [-0.05, 0) is 109 Å². The van der Waals surface area contributed by atoms with Gasteiger partial charge in [-0.1, -0.05) is 29.8 Å². The first-order chi connectivity index (χ1) is 22.7. The predicted molar refractivity (Wildman–Crippen MR) is 187 cm³/mol. The maximum absolute atomic E-state index is 14.6. The predicted octanol–water partition coefficient (Wildman–Crippen LogP) is 9.04. The molecule has 2 atom stereocenters. The van der Waals surface area contributed by atoms with Crippen molar-refractivity contribution >= 4 is 29.0 Å². The van der Waals surface area contributed by atoms with Crippen LogP contribution in [0.4, 0.5) is 10.2 Å². The fraction of sp³-hybridized carbons (Fsp3) is 0.474. The minimum atomic E-state index is -1.26. The Kier molecular flexibility index (Phi) is 9.50. The topological polar surface area (TPSA) is 85.5 Å². The summed E-state index contributed by atoms with van der Waals surface area (Å²) in [4.78, 5) is 20.1. The third kappa shape index (κ3) is 7.05. The third-order valence-electron chi connectivity index (χ3n) is 9.38. The second-order valence-corrected chi connectivity index (χ2v) is 14.8. The molecule has 4 aromatic rings. The Balaban J connectivity index is 1.56. The van der Waals surface area contributed by atoms with Gasteiger partial charge in [-0.25, -0.2) is 14.2 Å². The summed E-state index contributed by atoms with van der Waals surface area (Å²) in [6.45, 7) is 13.5. The van der Waals surface area contributed by atoms with Crippen LogP contribution in [-0.4, -0.2) is 57.5 Å². The van der Waals surface area contributed by atoms with Crippen LogP contribution in [-0.2, 0) is 14.3 Å². The number of piperidine rings is 1. The van der Waals surface area contributed by atoms with E-state index in [0.717, 1.165) is 43.2 Å². The monoisotopic (exact) mass is 677 g/mol. The van der Waals surface area contributed by atoms with Gasteiger partial charge < -0.3 is 24.2 Å². The van der Waals surface area contributed by atoms with Crippen molar-refractivity contribution in [3.8, 4) is 28.1 Å². The van der Waals surface area contributed by atoms with E-state index < -0.39 is 17.7 Å². The molecule has 0 amide bonds. The Morgan fingerprint density at radius 3 is 2.58 bits per heavy atom. The van der Waals surface area contributed by atoms with E-state index in [-0.39, 0.29) is 17.5 Å². The standard InChI is InChI=1S/C38H45ClFN3O5/c1-23-10-7-8-19-46-38(6)15-17-42(18-16-38)35-31(33(36(44)45)48-37(3,4)5)24(2)32(39)34-41-29(22-43(34)35)26-12-9-11-25(20-26)28-21-27(40)13-14-30(28)47-23/h9,11-14,20-23,33H,7-8,10,15-19H2,1-6H3,(H,44,45). The number of aromatic nitrogens is 2. The highest BCUT2D eigenvalue weighted by Gasteiger charge is 2.38. The summed E-state index contributed by atoms with van der Waals surface area (Å²) in [5.74, 6) is -0.128. The second kappa shape index (κ2) is 13.3. The van der Waals surface area contributed by atoms with Crippen molar-refractivity contribution in [2.24, 2.45) is 0 Å². The van der Waals surface area contributed by atoms with E-state index in [2.05, 4.69) is 11.8 Å². The van der Waals surface area contributed by atoms with Gasteiger partial charge in [-0.2, -0.15) is 0 Å². The number of anilines is 1. The van der Waals surface area contributed by atoms with E-state index in [1.54, 1.807) is 6.07 Å². The Hall–Kier alpha value is -3.66. The molecule has 0 spiro atoms. The number of carboxylic acids is 1. The van der Waals surface area contributed by atoms with Crippen LogP contribution >= 0.6 is 11.6 Å². The molecule has 6 bridgehead atoms. The number of aliphatic carboxylic acids is 1. The molecule has 256 valence electrons. The molecule has 48 heavy (non-hydrogen) atoms. The zero-order chi connectivity index (χ0) is 34.4. The number of benzene rings is 2. The minimum absolute atomic E-state index is 0.0601. The highest BCUT2D eigenvalue weighted by molar-refractivity contribution is 6.34. The number of fused-ring (bicyclic) bond motifs is 8. The van der Waals surface area contributed by atoms with Gasteiger partial charge in [0.1, 0.15) is 17.4 Å². The average Bonchev–Trinajstić information content (AvgIpc) is 3.48. The van der Waals surface area contributed by atoms with Crippen molar-refractivity contribution in [3.63, 3.8) is 0 Å². The summed E-state index contributed by atoms with van der Waals surface area (Å²) < 4.78 is 35.6. The maximum atomic E-state index is 14.6. The number of hydrogen-bond acceptors (Lipinski definition) is 6. The van der Waals surface area contributed by atoms with Crippen molar-refractivity contribution in [1.82, 2.24) is 9.38 Å². The lowest BCUT2D eigenvalue weighted by molar-refractivity contribution is -0.160. The fourth-order valence-corrected chi connectivity index (χ4v) is 7.02. The quantitative estimate of drug-likeness (QED) is 0.232. The first-order valence-electron chi connectivity index (χ1n) is 16.8. The molecule has 2 aromatic heterocycles. The minimum Gasteiger partial charge on any atom is -0.490 e. The SMILES string of the molecule is Cc1c(C(OC(C)(C)C)C(=O)O)c2n3cc(nc3c1Cl)-c1cccc(c1)-c1cc(F)ccc1OC(C)CCCCOC1(C)CCN2CC1. The highest BCUT2D eigenvalue weighted by atomic mass is 35.5. The van der Waals surface area contributed by atoms with Crippen LogP contribution in [0.3, 0.4) is 0 Å². The van der Waals surface area contributed by atoms with Crippen LogP contribution < -0.4 is 9.64 Å². The first kappa shape index (κ1) is 34.2. The van der Waals surface area contributed by atoms with E-state index in [9.17, 15) is 14.3 Å². The van der Waals surface area contributed by atoms with Gasteiger partial charge in [0.2, 0.25) is 0 Å². The van der Waals surface area contributed by atoms with E-state index >= 15 is 0 Å².